The van der Waals surface area contributed by atoms with Crippen LogP contribution in [0.4, 0.5) is 0 Å². The van der Waals surface area contributed by atoms with Crippen molar-refractivity contribution in [3.05, 3.63) is 0 Å². The molecule has 0 bridgehead atoms. The van der Waals surface area contributed by atoms with Crippen molar-refractivity contribution in [2.24, 2.45) is 16.6 Å². The summed E-state index contributed by atoms with van der Waals surface area (Å²) in [6.45, 7) is 0.594. The normalized spacial score (nSPS) is 11.5. The van der Waals surface area contributed by atoms with Crippen LogP contribution in [-0.2, 0) is 9.53 Å². The maximum Gasteiger partial charge on any atom is 0.219 e. The number of hydrogen-bond acceptors (Lipinski definition) is 4. The molecule has 0 radical (unpaired) electrons. The number of hydrogen-bond donors (Lipinski definition) is 3. The Kier molecular flexibility index (Phi) is 5.72. The smallest absolute Gasteiger partial charge is 0.219 e. The molecule has 0 rings (SSSR count). The fourth-order valence-electron chi connectivity index (χ4n) is 0.502. The van der Waals surface area contributed by atoms with Crippen molar-refractivity contribution in [2.45, 2.75) is 12.8 Å². The molecule has 0 aliphatic rings. The second-order valence-electron chi connectivity index (χ2n) is 2.17. The lowest BCUT2D eigenvalue weighted by molar-refractivity contribution is -0.119. The first-order valence-corrected chi connectivity index (χ1v) is 3.49. The van der Waals surface area contributed by atoms with Crippen LogP contribution in [0.2, 0.25) is 0 Å². The van der Waals surface area contributed by atoms with Gasteiger partial charge in [-0.1, -0.05) is 5.16 Å². The van der Waals surface area contributed by atoms with E-state index >= 15 is 0 Å². The third kappa shape index (κ3) is 6.81. The summed E-state index contributed by atoms with van der Waals surface area (Å²) in [5.41, 5.74) is 10.00. The monoisotopic (exact) mass is 175 g/mol. The zero-order chi connectivity index (χ0) is 9.40. The average Bonchev–Trinajstić information content (AvgIpc) is 2.03. The molecule has 0 saturated carbocycles. The minimum atomic E-state index is -0.404. The summed E-state index contributed by atoms with van der Waals surface area (Å²) >= 11 is 0. The topological polar surface area (TPSA) is 111 Å². The van der Waals surface area contributed by atoms with Crippen molar-refractivity contribution >= 4 is 11.7 Å². The second-order valence-corrected chi connectivity index (χ2v) is 2.17. The molecule has 70 valence electrons. The van der Waals surface area contributed by atoms with Crippen molar-refractivity contribution in [1.29, 1.82) is 0 Å². The standard InChI is InChI=1S/C6H13N3O3/c7-5(9-11)1-3-12-4-2-6(8)10/h11H,1-4H2,(H2,7,9)(H2,8,10). The Balaban J connectivity index is 3.16. The van der Waals surface area contributed by atoms with E-state index in [9.17, 15) is 4.79 Å². The molecule has 0 aromatic carbocycles. The number of carbonyl (C=O) groups is 1. The SMILES string of the molecule is NC(=O)CCOCCC(N)=NO. The minimum Gasteiger partial charge on any atom is -0.409 e. The van der Waals surface area contributed by atoms with Crippen LogP contribution in [0, 0.1) is 0 Å². The molecule has 5 N–H and O–H groups in total. The molecule has 0 fully saturated rings. The van der Waals surface area contributed by atoms with Crippen LogP contribution >= 0.6 is 0 Å². The van der Waals surface area contributed by atoms with Gasteiger partial charge in [0.1, 0.15) is 5.84 Å². The van der Waals surface area contributed by atoms with Crippen LogP contribution in [-0.4, -0.2) is 30.2 Å². The van der Waals surface area contributed by atoms with Gasteiger partial charge in [0.2, 0.25) is 5.91 Å². The van der Waals surface area contributed by atoms with E-state index in [4.69, 9.17) is 21.4 Å². The number of carbonyl (C=O) groups excluding carboxylic acids is 1. The van der Waals surface area contributed by atoms with Crippen LogP contribution in [0.25, 0.3) is 0 Å². The number of ether oxygens (including phenoxy) is 1. The summed E-state index contributed by atoms with van der Waals surface area (Å²) in [5.74, 6) is -0.298. The predicted octanol–water partition coefficient (Wildman–Crippen LogP) is -0.985. The molecular weight excluding hydrogens is 162 g/mol. The van der Waals surface area contributed by atoms with Crippen LogP contribution in [0.15, 0.2) is 5.16 Å². The molecule has 0 aromatic heterocycles. The maximum absolute atomic E-state index is 10.2. The van der Waals surface area contributed by atoms with E-state index in [0.29, 0.717) is 13.0 Å². The number of oxime groups is 1. The minimum absolute atomic E-state index is 0.106. The first kappa shape index (κ1) is 10.7. The Morgan fingerprint density at radius 3 is 2.42 bits per heavy atom. The number of rotatable bonds is 6. The Labute approximate surface area is 70.2 Å². The van der Waals surface area contributed by atoms with Gasteiger partial charge in [-0.3, -0.25) is 4.79 Å². The molecule has 6 heteroatoms. The lowest BCUT2D eigenvalue weighted by Crippen LogP contribution is -2.17. The van der Waals surface area contributed by atoms with Gasteiger partial charge in [0.05, 0.1) is 13.2 Å². The summed E-state index contributed by atoms with van der Waals surface area (Å²) in [6.07, 6.45) is 0.533. The van der Waals surface area contributed by atoms with E-state index in [-0.39, 0.29) is 18.9 Å². The summed E-state index contributed by atoms with van der Waals surface area (Å²) in [7, 11) is 0. The van der Waals surface area contributed by atoms with Crippen LogP contribution in [0.5, 0.6) is 0 Å². The molecule has 0 atom stereocenters. The number of nitrogens with zero attached hydrogens (tertiary/aromatic N) is 1. The number of nitrogens with two attached hydrogens (primary N) is 2. The van der Waals surface area contributed by atoms with E-state index in [0.717, 1.165) is 0 Å². The first-order valence-electron chi connectivity index (χ1n) is 3.49. The number of amides is 1. The van der Waals surface area contributed by atoms with Gasteiger partial charge in [-0.05, 0) is 0 Å². The lowest BCUT2D eigenvalue weighted by Gasteiger charge is -2.00. The van der Waals surface area contributed by atoms with Crippen LogP contribution < -0.4 is 11.5 Å². The quantitative estimate of drug-likeness (QED) is 0.158. The van der Waals surface area contributed by atoms with Gasteiger partial charge in [-0.2, -0.15) is 0 Å². The Morgan fingerprint density at radius 1 is 1.33 bits per heavy atom. The molecule has 0 unspecified atom stereocenters. The van der Waals surface area contributed by atoms with Crippen molar-refractivity contribution < 1.29 is 14.7 Å². The highest BCUT2D eigenvalue weighted by Gasteiger charge is 1.95. The molecule has 0 spiro atoms. The molecule has 0 aliphatic heterocycles. The van der Waals surface area contributed by atoms with Gasteiger partial charge in [-0.15, -0.1) is 0 Å². The lowest BCUT2D eigenvalue weighted by atomic mass is 10.4. The zero-order valence-electron chi connectivity index (χ0n) is 6.69. The van der Waals surface area contributed by atoms with E-state index in [1.54, 1.807) is 0 Å². The number of amidine groups is 1. The molecule has 6 nitrogen and oxygen atoms in total. The maximum atomic E-state index is 10.2. The van der Waals surface area contributed by atoms with Crippen LogP contribution in [0.3, 0.4) is 0 Å². The second kappa shape index (κ2) is 6.41. The van der Waals surface area contributed by atoms with Gasteiger partial charge in [0.15, 0.2) is 0 Å². The van der Waals surface area contributed by atoms with Crippen molar-refractivity contribution in [3.8, 4) is 0 Å². The van der Waals surface area contributed by atoms with E-state index < -0.39 is 5.91 Å². The highest BCUT2D eigenvalue weighted by Crippen LogP contribution is 1.85. The van der Waals surface area contributed by atoms with Gasteiger partial charge in [-0.25, -0.2) is 0 Å². The molecule has 0 heterocycles. The summed E-state index contributed by atoms with van der Waals surface area (Å²) in [6, 6.07) is 0. The fraction of sp³-hybridized carbons (Fsp3) is 0.667. The molecular formula is C6H13N3O3. The third-order valence-electron chi connectivity index (χ3n) is 1.12. The zero-order valence-corrected chi connectivity index (χ0v) is 6.69. The Hall–Kier alpha value is -1.30. The van der Waals surface area contributed by atoms with E-state index in [1.165, 1.54) is 0 Å². The molecule has 12 heavy (non-hydrogen) atoms. The Morgan fingerprint density at radius 2 is 1.92 bits per heavy atom. The Bertz CT molecular complexity index is 169. The average molecular weight is 175 g/mol. The summed E-state index contributed by atoms with van der Waals surface area (Å²) in [4.78, 5) is 10.2. The number of primary amides is 1. The van der Waals surface area contributed by atoms with Crippen molar-refractivity contribution in [2.75, 3.05) is 13.2 Å². The third-order valence-corrected chi connectivity index (χ3v) is 1.12. The van der Waals surface area contributed by atoms with E-state index in [1.807, 2.05) is 0 Å². The van der Waals surface area contributed by atoms with Gasteiger partial charge < -0.3 is 21.4 Å². The first-order chi connectivity index (χ1) is 5.66. The highest BCUT2D eigenvalue weighted by atomic mass is 16.5. The molecule has 0 aliphatic carbocycles. The summed E-state index contributed by atoms with van der Waals surface area (Å²) < 4.78 is 4.94. The van der Waals surface area contributed by atoms with Gasteiger partial charge >= 0.3 is 0 Å². The highest BCUT2D eigenvalue weighted by molar-refractivity contribution is 5.79. The predicted molar refractivity (Wildman–Crippen MR) is 42.7 cm³/mol. The fourth-order valence-corrected chi connectivity index (χ4v) is 0.502. The van der Waals surface area contributed by atoms with Gasteiger partial charge in [0.25, 0.3) is 0 Å². The molecule has 0 aromatic rings. The van der Waals surface area contributed by atoms with Crippen molar-refractivity contribution in [3.63, 3.8) is 0 Å². The van der Waals surface area contributed by atoms with Gasteiger partial charge in [0, 0.05) is 12.8 Å². The van der Waals surface area contributed by atoms with E-state index in [2.05, 4.69) is 5.16 Å². The van der Waals surface area contributed by atoms with Crippen molar-refractivity contribution in [1.82, 2.24) is 0 Å². The summed E-state index contributed by atoms with van der Waals surface area (Å²) in [5, 5.41) is 10.9. The molecule has 1 amide bonds. The van der Waals surface area contributed by atoms with Crippen LogP contribution in [0.1, 0.15) is 12.8 Å². The molecule has 0 saturated heterocycles. The largest absolute Gasteiger partial charge is 0.409 e.